The Bertz CT molecular complexity index is 782. The minimum absolute atomic E-state index is 0.0862. The number of thiazole rings is 1. The Labute approximate surface area is 176 Å². The van der Waals surface area contributed by atoms with Gasteiger partial charge in [-0.2, -0.15) is 0 Å². The zero-order valence-corrected chi connectivity index (χ0v) is 17.8. The fourth-order valence-electron chi connectivity index (χ4n) is 4.30. The molecule has 0 N–H and O–H groups in total. The molecule has 2 aliphatic rings. The van der Waals surface area contributed by atoms with Crippen molar-refractivity contribution in [3.05, 3.63) is 41.4 Å². The van der Waals surface area contributed by atoms with Crippen molar-refractivity contribution in [2.24, 2.45) is 0 Å². The molecule has 7 heteroatoms. The topological polar surface area (TPSA) is 54.9 Å². The van der Waals surface area contributed by atoms with Gasteiger partial charge in [-0.15, -0.1) is 0 Å². The van der Waals surface area contributed by atoms with E-state index in [0.29, 0.717) is 24.0 Å². The number of nitrogens with zero attached hydrogens (tertiary/aromatic N) is 3. The van der Waals surface area contributed by atoms with Gasteiger partial charge in [0.15, 0.2) is 0 Å². The molecule has 0 bridgehead atoms. The number of carbonyl (C=O) groups excluding carboxylic acids is 1. The molecule has 0 unspecified atom stereocenters. The number of amides is 1. The molecule has 29 heavy (non-hydrogen) atoms. The van der Waals surface area contributed by atoms with E-state index >= 15 is 0 Å². The summed E-state index contributed by atoms with van der Waals surface area (Å²) >= 11 is 1.56. The van der Waals surface area contributed by atoms with Gasteiger partial charge in [-0.1, -0.05) is 23.5 Å². The van der Waals surface area contributed by atoms with Gasteiger partial charge in [0.2, 0.25) is 0 Å². The maximum Gasteiger partial charge on any atom is 0.273 e. The summed E-state index contributed by atoms with van der Waals surface area (Å²) in [5.41, 5.74) is 0.674. The summed E-state index contributed by atoms with van der Waals surface area (Å²) in [6.07, 6.45) is 6.20. The Morgan fingerprint density at radius 2 is 1.90 bits per heavy atom. The van der Waals surface area contributed by atoms with Gasteiger partial charge in [0, 0.05) is 43.8 Å². The number of hydrogen-bond donors (Lipinski definition) is 0. The highest BCUT2D eigenvalue weighted by Crippen LogP contribution is 2.26. The molecular formula is C22H29N3O3S. The van der Waals surface area contributed by atoms with Gasteiger partial charge in [0.25, 0.3) is 11.1 Å². The van der Waals surface area contributed by atoms with Gasteiger partial charge in [-0.25, -0.2) is 4.98 Å². The summed E-state index contributed by atoms with van der Waals surface area (Å²) in [7, 11) is 0. The second-order valence-corrected chi connectivity index (χ2v) is 8.46. The lowest BCUT2D eigenvalue weighted by atomic mass is 9.98. The number of ether oxygens (including phenoxy) is 2. The molecule has 1 amide bonds. The van der Waals surface area contributed by atoms with Crippen molar-refractivity contribution in [1.29, 1.82) is 0 Å². The van der Waals surface area contributed by atoms with E-state index in [1.807, 2.05) is 41.5 Å². The van der Waals surface area contributed by atoms with Gasteiger partial charge in [-0.3, -0.25) is 9.69 Å². The summed E-state index contributed by atoms with van der Waals surface area (Å²) in [6.45, 7) is 6.23. The maximum atomic E-state index is 13.0. The molecule has 0 aliphatic carbocycles. The summed E-state index contributed by atoms with van der Waals surface area (Å²) in [5.74, 6) is 0.771. The third kappa shape index (κ3) is 4.90. The highest BCUT2D eigenvalue weighted by Gasteiger charge is 2.31. The molecule has 6 nitrogen and oxygen atoms in total. The Morgan fingerprint density at radius 1 is 1.14 bits per heavy atom. The van der Waals surface area contributed by atoms with E-state index in [9.17, 15) is 4.79 Å². The predicted molar refractivity (Wildman–Crippen MR) is 114 cm³/mol. The van der Waals surface area contributed by atoms with E-state index in [1.54, 1.807) is 17.5 Å². The normalized spacial score (nSPS) is 19.3. The first-order valence-corrected chi connectivity index (χ1v) is 11.4. The van der Waals surface area contributed by atoms with E-state index in [0.717, 1.165) is 57.1 Å². The van der Waals surface area contributed by atoms with E-state index in [2.05, 4.69) is 9.88 Å². The van der Waals surface area contributed by atoms with Crippen LogP contribution in [0.1, 0.15) is 43.0 Å². The third-order valence-corrected chi connectivity index (χ3v) is 6.50. The zero-order chi connectivity index (χ0) is 20.1. The molecule has 1 aromatic carbocycles. The summed E-state index contributed by atoms with van der Waals surface area (Å²) < 4.78 is 11.6. The molecule has 4 rings (SSSR count). The van der Waals surface area contributed by atoms with E-state index in [4.69, 9.17) is 9.47 Å². The lowest BCUT2D eigenvalue weighted by Crippen LogP contribution is -2.50. The average Bonchev–Trinajstić information content (AvgIpc) is 3.28. The van der Waals surface area contributed by atoms with Gasteiger partial charge in [-0.05, 0) is 44.7 Å². The third-order valence-electron chi connectivity index (χ3n) is 5.84. The van der Waals surface area contributed by atoms with Crippen LogP contribution < -0.4 is 9.47 Å². The second kappa shape index (κ2) is 9.59. The molecule has 0 atom stereocenters. The molecule has 2 aliphatic heterocycles. The predicted octanol–water partition coefficient (Wildman–Crippen LogP) is 3.69. The number of rotatable bonds is 6. The SMILES string of the molecule is CCOc1ccccc1C(=O)N1CCC(N2CCC(Oc3nccs3)CC2)CC1. The van der Waals surface area contributed by atoms with Gasteiger partial charge in [0.05, 0.1) is 12.2 Å². The van der Waals surface area contributed by atoms with E-state index < -0.39 is 0 Å². The van der Waals surface area contributed by atoms with Crippen molar-refractivity contribution >= 4 is 17.2 Å². The van der Waals surface area contributed by atoms with Gasteiger partial charge < -0.3 is 14.4 Å². The smallest absolute Gasteiger partial charge is 0.273 e. The molecule has 2 fully saturated rings. The van der Waals surface area contributed by atoms with Crippen molar-refractivity contribution < 1.29 is 14.3 Å². The molecule has 0 spiro atoms. The Hall–Kier alpha value is -2.12. The van der Waals surface area contributed by atoms with Crippen LogP contribution in [-0.2, 0) is 0 Å². The molecule has 156 valence electrons. The Balaban J connectivity index is 1.26. The highest BCUT2D eigenvalue weighted by atomic mass is 32.1. The van der Waals surface area contributed by atoms with E-state index in [1.165, 1.54) is 0 Å². The number of likely N-dealkylation sites (tertiary alicyclic amines) is 2. The number of para-hydroxylation sites is 1. The standard InChI is InChI=1S/C22H29N3O3S/c1-2-27-20-6-4-3-5-19(20)21(26)25-12-7-17(8-13-25)24-14-9-18(10-15-24)28-22-23-11-16-29-22/h3-6,11,16-18H,2,7-10,12-15H2,1H3. The summed E-state index contributed by atoms with van der Waals surface area (Å²) in [4.78, 5) is 21.8. The van der Waals surface area contributed by atoms with Crippen molar-refractivity contribution in [1.82, 2.24) is 14.8 Å². The first kappa shape index (κ1) is 20.2. The summed E-state index contributed by atoms with van der Waals surface area (Å²) in [5, 5.41) is 2.73. The minimum atomic E-state index is 0.0862. The number of aromatic nitrogens is 1. The van der Waals surface area contributed by atoms with Crippen LogP contribution in [0.2, 0.25) is 0 Å². The van der Waals surface area contributed by atoms with Crippen molar-refractivity contribution in [2.75, 3.05) is 32.8 Å². The molecular weight excluding hydrogens is 386 g/mol. The number of hydrogen-bond acceptors (Lipinski definition) is 6. The first-order valence-electron chi connectivity index (χ1n) is 10.6. The fourth-order valence-corrected chi connectivity index (χ4v) is 4.85. The first-order chi connectivity index (χ1) is 14.2. The van der Waals surface area contributed by atoms with Crippen LogP contribution in [-0.4, -0.2) is 65.6 Å². The maximum absolute atomic E-state index is 13.0. The molecule has 0 radical (unpaired) electrons. The number of carbonyl (C=O) groups is 1. The zero-order valence-electron chi connectivity index (χ0n) is 17.0. The molecule has 2 saturated heterocycles. The van der Waals surface area contributed by atoms with Crippen LogP contribution in [0, 0.1) is 0 Å². The van der Waals surface area contributed by atoms with Crippen molar-refractivity contribution in [2.45, 2.75) is 44.8 Å². The summed E-state index contributed by atoms with van der Waals surface area (Å²) in [6, 6.07) is 8.12. The highest BCUT2D eigenvalue weighted by molar-refractivity contribution is 7.11. The average molecular weight is 416 g/mol. The lowest BCUT2D eigenvalue weighted by molar-refractivity contribution is 0.0423. The largest absolute Gasteiger partial charge is 0.493 e. The molecule has 0 saturated carbocycles. The van der Waals surface area contributed by atoms with Crippen LogP contribution in [0.5, 0.6) is 10.9 Å². The van der Waals surface area contributed by atoms with Crippen LogP contribution in [0.15, 0.2) is 35.8 Å². The van der Waals surface area contributed by atoms with Crippen LogP contribution in [0.25, 0.3) is 0 Å². The Morgan fingerprint density at radius 3 is 2.59 bits per heavy atom. The van der Waals surface area contributed by atoms with Crippen LogP contribution in [0.4, 0.5) is 0 Å². The quantitative estimate of drug-likeness (QED) is 0.720. The Kier molecular flexibility index (Phi) is 6.67. The van der Waals surface area contributed by atoms with Crippen LogP contribution in [0.3, 0.4) is 0 Å². The minimum Gasteiger partial charge on any atom is -0.493 e. The number of piperidine rings is 2. The van der Waals surface area contributed by atoms with Crippen molar-refractivity contribution in [3.63, 3.8) is 0 Å². The molecule has 3 heterocycles. The molecule has 1 aromatic heterocycles. The van der Waals surface area contributed by atoms with E-state index in [-0.39, 0.29) is 12.0 Å². The monoisotopic (exact) mass is 415 g/mol. The number of benzene rings is 1. The van der Waals surface area contributed by atoms with Gasteiger partial charge >= 0.3 is 0 Å². The van der Waals surface area contributed by atoms with Gasteiger partial charge in [0.1, 0.15) is 11.9 Å². The van der Waals surface area contributed by atoms with Crippen molar-refractivity contribution in [3.8, 4) is 10.9 Å². The second-order valence-electron chi connectivity index (χ2n) is 7.60. The fraction of sp³-hybridized carbons (Fsp3) is 0.545. The lowest BCUT2D eigenvalue weighted by Gasteiger charge is -2.41. The molecule has 2 aromatic rings. The van der Waals surface area contributed by atoms with Crippen LogP contribution >= 0.6 is 11.3 Å².